The lowest BCUT2D eigenvalue weighted by atomic mass is 10.0. The second-order valence-electron chi connectivity index (χ2n) is 4.40. The highest BCUT2D eigenvalue weighted by atomic mass is 16.1. The van der Waals surface area contributed by atoms with E-state index in [1.165, 1.54) is 0 Å². The van der Waals surface area contributed by atoms with Crippen molar-refractivity contribution in [2.75, 3.05) is 0 Å². The summed E-state index contributed by atoms with van der Waals surface area (Å²) in [5, 5.41) is 0. The van der Waals surface area contributed by atoms with Crippen molar-refractivity contribution in [3.8, 4) is 0 Å². The van der Waals surface area contributed by atoms with Gasteiger partial charge in [-0.15, -0.1) is 0 Å². The van der Waals surface area contributed by atoms with Gasteiger partial charge >= 0.3 is 0 Å². The standard InChI is InChI=1S/C13H19NO/c1-10(2)5-4-6-13(15)12-8-7-11(3)14-9-12/h7-10H,4-6H2,1-3H3. The molecule has 0 atom stereocenters. The summed E-state index contributed by atoms with van der Waals surface area (Å²) >= 11 is 0. The van der Waals surface area contributed by atoms with Crippen molar-refractivity contribution in [1.82, 2.24) is 4.98 Å². The highest BCUT2D eigenvalue weighted by molar-refractivity contribution is 5.95. The van der Waals surface area contributed by atoms with Crippen molar-refractivity contribution in [2.45, 2.75) is 40.0 Å². The predicted octanol–water partition coefficient (Wildman–Crippen LogP) is 3.40. The van der Waals surface area contributed by atoms with Crippen LogP contribution in [0.1, 0.15) is 49.2 Å². The van der Waals surface area contributed by atoms with Crippen LogP contribution in [-0.4, -0.2) is 10.8 Å². The highest BCUT2D eigenvalue weighted by Crippen LogP contribution is 2.10. The minimum absolute atomic E-state index is 0.211. The first-order valence-electron chi connectivity index (χ1n) is 5.55. The van der Waals surface area contributed by atoms with Gasteiger partial charge in [-0.3, -0.25) is 9.78 Å². The van der Waals surface area contributed by atoms with E-state index in [1.807, 2.05) is 19.1 Å². The molecule has 0 radical (unpaired) electrons. The maximum Gasteiger partial charge on any atom is 0.164 e. The van der Waals surface area contributed by atoms with Crippen LogP contribution in [-0.2, 0) is 0 Å². The quantitative estimate of drug-likeness (QED) is 0.689. The van der Waals surface area contributed by atoms with Gasteiger partial charge < -0.3 is 0 Å². The summed E-state index contributed by atoms with van der Waals surface area (Å²) in [7, 11) is 0. The van der Waals surface area contributed by atoms with Gasteiger partial charge in [-0.05, 0) is 31.4 Å². The smallest absolute Gasteiger partial charge is 0.164 e. The first-order valence-corrected chi connectivity index (χ1v) is 5.55. The Morgan fingerprint density at radius 2 is 2.13 bits per heavy atom. The Labute approximate surface area is 91.7 Å². The van der Waals surface area contributed by atoms with Crippen LogP contribution in [0.3, 0.4) is 0 Å². The molecular formula is C13H19NO. The molecule has 0 bridgehead atoms. The van der Waals surface area contributed by atoms with E-state index in [0.29, 0.717) is 12.3 Å². The summed E-state index contributed by atoms with van der Waals surface area (Å²) in [6.45, 7) is 6.28. The van der Waals surface area contributed by atoms with E-state index in [2.05, 4.69) is 18.8 Å². The molecule has 0 aromatic carbocycles. The first-order chi connectivity index (χ1) is 7.09. The average molecular weight is 205 g/mol. The minimum atomic E-state index is 0.211. The molecule has 1 aromatic heterocycles. The molecular weight excluding hydrogens is 186 g/mol. The van der Waals surface area contributed by atoms with Crippen LogP contribution in [0, 0.1) is 12.8 Å². The molecule has 0 saturated carbocycles. The highest BCUT2D eigenvalue weighted by Gasteiger charge is 2.06. The van der Waals surface area contributed by atoms with Crippen LogP contribution in [0.5, 0.6) is 0 Å². The number of carbonyl (C=O) groups excluding carboxylic acids is 1. The number of hydrogen-bond acceptors (Lipinski definition) is 2. The fourth-order valence-corrected chi connectivity index (χ4v) is 1.45. The molecule has 1 heterocycles. The third-order valence-corrected chi connectivity index (χ3v) is 2.42. The van der Waals surface area contributed by atoms with E-state index >= 15 is 0 Å². The molecule has 1 rings (SSSR count). The van der Waals surface area contributed by atoms with Gasteiger partial charge in [-0.25, -0.2) is 0 Å². The summed E-state index contributed by atoms with van der Waals surface area (Å²) in [4.78, 5) is 15.8. The zero-order valence-corrected chi connectivity index (χ0v) is 9.79. The zero-order valence-electron chi connectivity index (χ0n) is 9.79. The van der Waals surface area contributed by atoms with Gasteiger partial charge in [0.25, 0.3) is 0 Å². The summed E-state index contributed by atoms with van der Waals surface area (Å²) in [5.74, 6) is 0.886. The fraction of sp³-hybridized carbons (Fsp3) is 0.538. The Bertz CT molecular complexity index is 314. The van der Waals surface area contributed by atoms with Crippen LogP contribution >= 0.6 is 0 Å². The van der Waals surface area contributed by atoms with Gasteiger partial charge in [-0.1, -0.05) is 20.3 Å². The Kier molecular flexibility index (Phi) is 4.47. The molecule has 82 valence electrons. The van der Waals surface area contributed by atoms with E-state index in [9.17, 15) is 4.79 Å². The number of aromatic nitrogens is 1. The molecule has 0 aliphatic heterocycles. The van der Waals surface area contributed by atoms with Gasteiger partial charge in [0, 0.05) is 23.9 Å². The van der Waals surface area contributed by atoms with E-state index in [1.54, 1.807) is 6.20 Å². The normalized spacial score (nSPS) is 10.7. The van der Waals surface area contributed by atoms with Crippen molar-refractivity contribution in [3.05, 3.63) is 29.6 Å². The second kappa shape index (κ2) is 5.64. The third kappa shape index (κ3) is 4.24. The Hall–Kier alpha value is -1.18. The Balaban J connectivity index is 2.43. The largest absolute Gasteiger partial charge is 0.294 e. The third-order valence-electron chi connectivity index (χ3n) is 2.42. The Morgan fingerprint density at radius 1 is 1.40 bits per heavy atom. The number of hydrogen-bond donors (Lipinski definition) is 0. The molecule has 2 heteroatoms. The van der Waals surface area contributed by atoms with Crippen LogP contribution < -0.4 is 0 Å². The number of ketones is 1. The number of nitrogens with zero attached hydrogens (tertiary/aromatic N) is 1. The van der Waals surface area contributed by atoms with E-state index < -0.39 is 0 Å². The van der Waals surface area contributed by atoms with Crippen LogP contribution in [0.2, 0.25) is 0 Å². The summed E-state index contributed by atoms with van der Waals surface area (Å²) in [5.41, 5.74) is 1.69. The van der Waals surface area contributed by atoms with Crippen LogP contribution in [0.15, 0.2) is 18.3 Å². The SMILES string of the molecule is Cc1ccc(C(=O)CCCC(C)C)cn1. The van der Waals surface area contributed by atoms with Crippen molar-refractivity contribution in [2.24, 2.45) is 5.92 Å². The average Bonchev–Trinajstić information content (AvgIpc) is 2.18. The molecule has 0 saturated heterocycles. The molecule has 0 fully saturated rings. The molecule has 0 spiro atoms. The molecule has 0 aliphatic rings. The molecule has 0 amide bonds. The van der Waals surface area contributed by atoms with Gasteiger partial charge in [0.2, 0.25) is 0 Å². The summed E-state index contributed by atoms with van der Waals surface area (Å²) in [6.07, 6.45) is 4.41. The van der Waals surface area contributed by atoms with Crippen molar-refractivity contribution < 1.29 is 4.79 Å². The topological polar surface area (TPSA) is 30.0 Å². The predicted molar refractivity (Wildman–Crippen MR) is 62.0 cm³/mol. The number of aryl methyl sites for hydroxylation is 1. The monoisotopic (exact) mass is 205 g/mol. The fourth-order valence-electron chi connectivity index (χ4n) is 1.45. The second-order valence-corrected chi connectivity index (χ2v) is 4.40. The van der Waals surface area contributed by atoms with E-state index in [4.69, 9.17) is 0 Å². The van der Waals surface area contributed by atoms with Crippen molar-refractivity contribution >= 4 is 5.78 Å². The number of pyridine rings is 1. The lowest BCUT2D eigenvalue weighted by Crippen LogP contribution is -2.01. The van der Waals surface area contributed by atoms with Gasteiger partial charge in [0.1, 0.15) is 0 Å². The number of rotatable bonds is 5. The molecule has 0 unspecified atom stereocenters. The van der Waals surface area contributed by atoms with Crippen LogP contribution in [0.4, 0.5) is 0 Å². The minimum Gasteiger partial charge on any atom is -0.294 e. The maximum atomic E-state index is 11.7. The number of Topliss-reactive ketones (excluding diaryl/α,β-unsaturated/α-hetero) is 1. The zero-order chi connectivity index (χ0) is 11.3. The molecule has 1 aromatic rings. The number of carbonyl (C=O) groups is 1. The molecule has 0 N–H and O–H groups in total. The molecule has 2 nitrogen and oxygen atoms in total. The lowest BCUT2D eigenvalue weighted by Gasteiger charge is -2.03. The first kappa shape index (κ1) is 11.9. The lowest BCUT2D eigenvalue weighted by molar-refractivity contribution is 0.0978. The summed E-state index contributed by atoms with van der Waals surface area (Å²) in [6, 6.07) is 3.75. The maximum absolute atomic E-state index is 11.7. The van der Waals surface area contributed by atoms with Gasteiger partial charge in [-0.2, -0.15) is 0 Å². The molecule has 15 heavy (non-hydrogen) atoms. The van der Waals surface area contributed by atoms with Gasteiger partial charge in [0.15, 0.2) is 5.78 Å². The molecule has 0 aliphatic carbocycles. The van der Waals surface area contributed by atoms with Crippen LogP contribution in [0.25, 0.3) is 0 Å². The van der Waals surface area contributed by atoms with Gasteiger partial charge in [0.05, 0.1) is 0 Å². The van der Waals surface area contributed by atoms with E-state index in [0.717, 1.165) is 24.1 Å². The Morgan fingerprint density at radius 3 is 2.67 bits per heavy atom. The van der Waals surface area contributed by atoms with Crippen molar-refractivity contribution in [3.63, 3.8) is 0 Å². The van der Waals surface area contributed by atoms with Crippen molar-refractivity contribution in [1.29, 1.82) is 0 Å². The van der Waals surface area contributed by atoms with E-state index in [-0.39, 0.29) is 5.78 Å². The summed E-state index contributed by atoms with van der Waals surface area (Å²) < 4.78 is 0.